The number of ether oxygens (including phenoxy) is 1. The highest BCUT2D eigenvalue weighted by Gasteiger charge is 2.35. The first-order valence-electron chi connectivity index (χ1n) is 9.61. The summed E-state index contributed by atoms with van der Waals surface area (Å²) in [7, 11) is 0. The summed E-state index contributed by atoms with van der Waals surface area (Å²) in [5.74, 6) is 0.890. The molecule has 1 saturated heterocycles. The molecule has 1 aromatic carbocycles. The van der Waals surface area contributed by atoms with Crippen molar-refractivity contribution in [2.75, 3.05) is 6.54 Å². The van der Waals surface area contributed by atoms with Gasteiger partial charge in [-0.15, -0.1) is 0 Å². The SMILES string of the molecule is Cc1nc2c3c(c(C4CCN4C=O)cn2c1C)CC[C@@H](c1ccccc1)O3. The number of carbonyl (C=O) groups is 1. The van der Waals surface area contributed by atoms with Crippen molar-refractivity contribution in [3.8, 4) is 5.75 Å². The number of aromatic nitrogens is 2. The van der Waals surface area contributed by atoms with Gasteiger partial charge in [0, 0.05) is 24.0 Å². The zero-order chi connectivity index (χ0) is 18.5. The minimum atomic E-state index is 0.0404. The largest absolute Gasteiger partial charge is 0.482 e. The van der Waals surface area contributed by atoms with Crippen molar-refractivity contribution in [2.24, 2.45) is 0 Å². The van der Waals surface area contributed by atoms with E-state index in [-0.39, 0.29) is 12.1 Å². The predicted molar refractivity (Wildman–Crippen MR) is 103 cm³/mol. The fourth-order valence-corrected chi connectivity index (χ4v) is 4.34. The van der Waals surface area contributed by atoms with E-state index in [9.17, 15) is 4.79 Å². The Labute approximate surface area is 158 Å². The van der Waals surface area contributed by atoms with E-state index in [4.69, 9.17) is 9.72 Å². The van der Waals surface area contributed by atoms with Crippen LogP contribution in [-0.2, 0) is 11.2 Å². The fraction of sp³-hybridized carbons (Fsp3) is 0.364. The molecule has 5 nitrogen and oxygen atoms in total. The summed E-state index contributed by atoms with van der Waals surface area (Å²) >= 11 is 0. The van der Waals surface area contributed by atoms with Crippen LogP contribution in [0.1, 0.15) is 53.1 Å². The van der Waals surface area contributed by atoms with Gasteiger partial charge in [0.2, 0.25) is 6.41 Å². The molecule has 4 heterocycles. The summed E-state index contributed by atoms with van der Waals surface area (Å²) in [6, 6.07) is 10.5. The first kappa shape index (κ1) is 16.4. The molecule has 0 aliphatic carbocycles. The number of rotatable bonds is 3. The van der Waals surface area contributed by atoms with Crippen LogP contribution in [0, 0.1) is 13.8 Å². The van der Waals surface area contributed by atoms with Crippen molar-refractivity contribution < 1.29 is 9.53 Å². The molecule has 1 unspecified atom stereocenters. The number of likely N-dealkylation sites (tertiary alicyclic amines) is 1. The van der Waals surface area contributed by atoms with Gasteiger partial charge in [0.15, 0.2) is 11.4 Å². The highest BCUT2D eigenvalue weighted by atomic mass is 16.5. The van der Waals surface area contributed by atoms with Crippen molar-refractivity contribution in [1.82, 2.24) is 14.3 Å². The lowest BCUT2D eigenvalue weighted by Crippen LogP contribution is -2.40. The first-order valence-corrected chi connectivity index (χ1v) is 9.61. The number of pyridine rings is 1. The van der Waals surface area contributed by atoms with Crippen molar-refractivity contribution in [3.05, 3.63) is 64.6 Å². The van der Waals surface area contributed by atoms with Crippen LogP contribution in [0.15, 0.2) is 36.5 Å². The number of carbonyl (C=O) groups excluding carboxylic acids is 1. The van der Waals surface area contributed by atoms with Crippen molar-refractivity contribution in [1.29, 1.82) is 0 Å². The Hall–Kier alpha value is -2.82. The second kappa shape index (κ2) is 6.12. The van der Waals surface area contributed by atoms with Gasteiger partial charge in [-0.2, -0.15) is 0 Å². The third-order valence-electron chi connectivity index (χ3n) is 6.12. The van der Waals surface area contributed by atoms with Gasteiger partial charge in [-0.3, -0.25) is 4.79 Å². The highest BCUT2D eigenvalue weighted by molar-refractivity contribution is 5.64. The Morgan fingerprint density at radius 2 is 2.00 bits per heavy atom. The number of hydrogen-bond acceptors (Lipinski definition) is 3. The maximum absolute atomic E-state index is 11.4. The number of amides is 1. The molecule has 5 rings (SSSR count). The lowest BCUT2D eigenvalue weighted by atomic mass is 9.88. The molecule has 3 aromatic rings. The summed E-state index contributed by atoms with van der Waals surface area (Å²) in [5.41, 5.74) is 6.66. The maximum Gasteiger partial charge on any atom is 0.210 e. The molecule has 0 radical (unpaired) electrons. The minimum absolute atomic E-state index is 0.0404. The molecule has 2 atom stereocenters. The molecule has 2 aliphatic rings. The van der Waals surface area contributed by atoms with Gasteiger partial charge in [0.05, 0.1) is 11.7 Å². The van der Waals surface area contributed by atoms with Gasteiger partial charge >= 0.3 is 0 Å². The molecule has 0 N–H and O–H groups in total. The van der Waals surface area contributed by atoms with Crippen LogP contribution in [0.2, 0.25) is 0 Å². The maximum atomic E-state index is 11.4. The normalized spacial score (nSPS) is 21.5. The zero-order valence-electron chi connectivity index (χ0n) is 15.7. The molecule has 0 spiro atoms. The zero-order valence-corrected chi connectivity index (χ0v) is 15.7. The fourth-order valence-electron chi connectivity index (χ4n) is 4.34. The molecule has 2 aliphatic heterocycles. The number of benzene rings is 1. The van der Waals surface area contributed by atoms with E-state index in [1.54, 1.807) is 0 Å². The van der Waals surface area contributed by atoms with E-state index in [0.717, 1.165) is 55.0 Å². The molecule has 138 valence electrons. The topological polar surface area (TPSA) is 46.8 Å². The average molecular weight is 361 g/mol. The smallest absolute Gasteiger partial charge is 0.210 e. The van der Waals surface area contributed by atoms with Crippen LogP contribution in [0.25, 0.3) is 5.65 Å². The second-order valence-corrected chi connectivity index (χ2v) is 7.57. The second-order valence-electron chi connectivity index (χ2n) is 7.57. The standard InChI is InChI=1S/C22H23N3O2/c1-14-15(2)25-12-18(19-10-11-24(19)13-26)17-8-9-20(16-6-4-3-5-7-16)27-21(17)22(25)23-14/h3-7,12-13,19-20H,8-11H2,1-2H3/t19?,20-/m0/s1. The van der Waals surface area contributed by atoms with E-state index in [2.05, 4.69) is 41.8 Å². The lowest BCUT2D eigenvalue weighted by molar-refractivity contribution is -0.125. The monoisotopic (exact) mass is 361 g/mol. The van der Waals surface area contributed by atoms with Crippen LogP contribution in [0.5, 0.6) is 5.75 Å². The summed E-state index contributed by atoms with van der Waals surface area (Å²) < 4.78 is 8.67. The van der Waals surface area contributed by atoms with E-state index >= 15 is 0 Å². The molecular weight excluding hydrogens is 338 g/mol. The third-order valence-corrected chi connectivity index (χ3v) is 6.12. The molecule has 1 fully saturated rings. The van der Waals surface area contributed by atoms with Crippen LogP contribution in [0.4, 0.5) is 0 Å². The molecule has 5 heteroatoms. The first-order chi connectivity index (χ1) is 13.2. The third kappa shape index (κ3) is 2.45. The molecule has 0 bridgehead atoms. The molecule has 2 aromatic heterocycles. The molecule has 1 amide bonds. The van der Waals surface area contributed by atoms with E-state index < -0.39 is 0 Å². The molecular formula is C22H23N3O2. The predicted octanol–water partition coefficient (Wildman–Crippen LogP) is 3.92. The number of imidazole rings is 1. The number of nitrogens with zero attached hydrogens (tertiary/aromatic N) is 3. The molecule has 0 saturated carbocycles. The summed E-state index contributed by atoms with van der Waals surface area (Å²) in [5, 5.41) is 0. The Kier molecular flexibility index (Phi) is 3.71. The van der Waals surface area contributed by atoms with Crippen LogP contribution in [0.3, 0.4) is 0 Å². The number of hydrogen-bond donors (Lipinski definition) is 0. The Balaban J connectivity index is 1.66. The van der Waals surface area contributed by atoms with E-state index in [1.165, 1.54) is 16.7 Å². The van der Waals surface area contributed by atoms with Gasteiger partial charge < -0.3 is 14.0 Å². The number of aryl methyl sites for hydroxylation is 2. The summed E-state index contributed by atoms with van der Waals surface area (Å²) in [6.07, 6.45) is 6.06. The Morgan fingerprint density at radius 3 is 2.70 bits per heavy atom. The van der Waals surface area contributed by atoms with E-state index in [1.807, 2.05) is 17.9 Å². The highest BCUT2D eigenvalue weighted by Crippen LogP contribution is 2.44. The van der Waals surface area contributed by atoms with E-state index in [0.29, 0.717) is 0 Å². The number of fused-ring (bicyclic) bond motifs is 3. The lowest BCUT2D eigenvalue weighted by Gasteiger charge is -2.40. The van der Waals surface area contributed by atoms with Gasteiger partial charge in [0.1, 0.15) is 6.10 Å². The van der Waals surface area contributed by atoms with Crippen LogP contribution < -0.4 is 4.74 Å². The van der Waals surface area contributed by atoms with Gasteiger partial charge in [0.25, 0.3) is 0 Å². The summed E-state index contributed by atoms with van der Waals surface area (Å²) in [6.45, 7) is 4.95. The summed E-state index contributed by atoms with van der Waals surface area (Å²) in [4.78, 5) is 18.1. The van der Waals surface area contributed by atoms with Crippen LogP contribution in [-0.4, -0.2) is 27.2 Å². The van der Waals surface area contributed by atoms with Gasteiger partial charge in [-0.25, -0.2) is 4.98 Å². The van der Waals surface area contributed by atoms with Gasteiger partial charge in [-0.05, 0) is 44.2 Å². The average Bonchev–Trinajstić information content (AvgIpc) is 2.96. The van der Waals surface area contributed by atoms with Gasteiger partial charge in [-0.1, -0.05) is 30.3 Å². The Bertz CT molecular complexity index is 1030. The van der Waals surface area contributed by atoms with Crippen LogP contribution >= 0.6 is 0 Å². The van der Waals surface area contributed by atoms with Crippen molar-refractivity contribution >= 4 is 12.1 Å². The van der Waals surface area contributed by atoms with Crippen molar-refractivity contribution in [3.63, 3.8) is 0 Å². The molecule has 27 heavy (non-hydrogen) atoms. The van der Waals surface area contributed by atoms with Crippen molar-refractivity contribution in [2.45, 2.75) is 45.3 Å². The minimum Gasteiger partial charge on any atom is -0.482 e. The Morgan fingerprint density at radius 1 is 1.19 bits per heavy atom. The quantitative estimate of drug-likeness (QED) is 0.664.